The number of nitrogens with zero attached hydrogens (tertiary/aromatic N) is 1. The number of aryl methyl sites for hydroxylation is 2. The second kappa shape index (κ2) is 8.39. The first kappa shape index (κ1) is 18.0. The topological polar surface area (TPSA) is 81.2 Å². The summed E-state index contributed by atoms with van der Waals surface area (Å²) >= 11 is 0. The molecule has 0 saturated heterocycles. The Morgan fingerprint density at radius 1 is 1.38 bits per heavy atom. The molecule has 1 amide bonds. The Kier molecular flexibility index (Phi) is 7.18. The number of nitrogens with two attached hydrogens (primary N) is 1. The summed E-state index contributed by atoms with van der Waals surface area (Å²) in [6.45, 7) is 4.46. The smallest absolute Gasteiger partial charge is 0.220 e. The van der Waals surface area contributed by atoms with Gasteiger partial charge in [-0.2, -0.15) is 0 Å². The van der Waals surface area contributed by atoms with Crippen molar-refractivity contribution in [3.8, 4) is 0 Å². The zero-order valence-corrected chi connectivity index (χ0v) is 13.7. The highest BCUT2D eigenvalue weighted by Crippen LogP contribution is 2.23. The van der Waals surface area contributed by atoms with Crippen LogP contribution in [0.2, 0.25) is 0 Å². The van der Waals surface area contributed by atoms with Crippen LogP contribution in [-0.4, -0.2) is 23.7 Å². The normalized spacial score (nSPS) is 21.7. The van der Waals surface area contributed by atoms with Crippen LogP contribution in [0.4, 0.5) is 0 Å². The van der Waals surface area contributed by atoms with E-state index in [1.807, 2.05) is 13.8 Å². The second-order valence-electron chi connectivity index (χ2n) is 5.76. The van der Waals surface area contributed by atoms with Crippen LogP contribution in [0.25, 0.3) is 0 Å². The highest BCUT2D eigenvalue weighted by Gasteiger charge is 2.25. The zero-order chi connectivity index (χ0) is 14.5. The number of halogens is 1. The van der Waals surface area contributed by atoms with Crippen LogP contribution < -0.4 is 11.1 Å². The van der Waals surface area contributed by atoms with Crippen LogP contribution in [0, 0.1) is 19.8 Å². The van der Waals surface area contributed by atoms with Crippen molar-refractivity contribution in [2.24, 2.45) is 11.7 Å². The quantitative estimate of drug-likeness (QED) is 0.873. The lowest BCUT2D eigenvalue weighted by molar-refractivity contribution is -0.122. The van der Waals surface area contributed by atoms with Gasteiger partial charge in [-0.3, -0.25) is 4.79 Å². The first-order chi connectivity index (χ1) is 9.61. The number of nitrogens with one attached hydrogen (secondary N) is 1. The van der Waals surface area contributed by atoms with E-state index in [0.29, 0.717) is 25.3 Å². The van der Waals surface area contributed by atoms with Crippen molar-refractivity contribution in [1.29, 1.82) is 0 Å². The van der Waals surface area contributed by atoms with E-state index in [1.165, 1.54) is 12.8 Å². The minimum Gasteiger partial charge on any atom is -0.361 e. The molecule has 1 aliphatic carbocycles. The number of rotatable bonds is 5. The summed E-state index contributed by atoms with van der Waals surface area (Å²) in [5.41, 5.74) is 7.73. The summed E-state index contributed by atoms with van der Waals surface area (Å²) in [4.78, 5) is 12.1. The Labute approximate surface area is 132 Å². The van der Waals surface area contributed by atoms with Crippen molar-refractivity contribution < 1.29 is 9.32 Å². The van der Waals surface area contributed by atoms with Crippen LogP contribution >= 0.6 is 12.4 Å². The number of carbonyl (C=O) groups excluding carboxylic acids is 1. The molecule has 3 N–H and O–H groups in total. The first-order valence-corrected chi connectivity index (χ1v) is 7.53. The monoisotopic (exact) mass is 315 g/mol. The van der Waals surface area contributed by atoms with Crippen molar-refractivity contribution in [2.75, 3.05) is 6.54 Å². The fourth-order valence-corrected chi connectivity index (χ4v) is 3.06. The Hall–Kier alpha value is -1.07. The molecular weight excluding hydrogens is 290 g/mol. The Balaban J connectivity index is 0.00000220. The van der Waals surface area contributed by atoms with Gasteiger partial charge in [-0.15, -0.1) is 12.4 Å². The fourth-order valence-electron chi connectivity index (χ4n) is 3.06. The fraction of sp³-hybridized carbons (Fsp3) is 0.733. The average molecular weight is 316 g/mol. The number of carbonyl (C=O) groups is 1. The van der Waals surface area contributed by atoms with Gasteiger partial charge in [-0.1, -0.05) is 18.0 Å². The maximum Gasteiger partial charge on any atom is 0.220 e. The molecule has 2 unspecified atom stereocenters. The Morgan fingerprint density at radius 3 is 2.71 bits per heavy atom. The van der Waals surface area contributed by atoms with E-state index in [4.69, 9.17) is 10.3 Å². The molecule has 0 aliphatic heterocycles. The Morgan fingerprint density at radius 2 is 2.10 bits per heavy atom. The van der Waals surface area contributed by atoms with Crippen molar-refractivity contribution in [3.05, 3.63) is 17.0 Å². The van der Waals surface area contributed by atoms with E-state index >= 15 is 0 Å². The summed E-state index contributed by atoms with van der Waals surface area (Å²) in [7, 11) is 0. The SMILES string of the molecule is Cc1noc(C)c1CCC(=O)NC1CCCCC1CN.Cl. The van der Waals surface area contributed by atoms with E-state index in [2.05, 4.69) is 10.5 Å². The standard InChI is InChI=1S/C15H25N3O2.ClH/c1-10-13(11(2)20-18-10)7-8-15(19)17-14-6-4-3-5-12(14)9-16;/h12,14H,3-9,16H2,1-2H3,(H,17,19);1H. The molecule has 120 valence electrons. The van der Waals surface area contributed by atoms with Gasteiger partial charge < -0.3 is 15.6 Å². The molecule has 1 aromatic rings. The number of amides is 1. The van der Waals surface area contributed by atoms with E-state index in [-0.39, 0.29) is 24.4 Å². The molecular formula is C15H26ClN3O2. The first-order valence-electron chi connectivity index (χ1n) is 7.53. The molecule has 21 heavy (non-hydrogen) atoms. The van der Waals surface area contributed by atoms with Gasteiger partial charge in [0.15, 0.2) is 0 Å². The van der Waals surface area contributed by atoms with Gasteiger partial charge in [-0.05, 0) is 45.6 Å². The molecule has 2 rings (SSSR count). The van der Waals surface area contributed by atoms with Crippen molar-refractivity contribution in [2.45, 2.75) is 58.4 Å². The molecule has 5 nitrogen and oxygen atoms in total. The van der Waals surface area contributed by atoms with Gasteiger partial charge in [-0.25, -0.2) is 0 Å². The van der Waals surface area contributed by atoms with Crippen LogP contribution in [0.15, 0.2) is 4.52 Å². The molecule has 1 saturated carbocycles. The highest BCUT2D eigenvalue weighted by molar-refractivity contribution is 5.85. The van der Waals surface area contributed by atoms with E-state index in [0.717, 1.165) is 29.9 Å². The molecule has 1 aliphatic rings. The summed E-state index contributed by atoms with van der Waals surface area (Å²) < 4.78 is 5.11. The number of hydrogen-bond acceptors (Lipinski definition) is 4. The second-order valence-corrected chi connectivity index (χ2v) is 5.76. The van der Waals surface area contributed by atoms with Crippen molar-refractivity contribution >= 4 is 18.3 Å². The lowest BCUT2D eigenvalue weighted by atomic mass is 9.84. The lowest BCUT2D eigenvalue weighted by Gasteiger charge is -2.31. The van der Waals surface area contributed by atoms with Crippen LogP contribution in [0.1, 0.15) is 49.1 Å². The third-order valence-electron chi connectivity index (χ3n) is 4.34. The van der Waals surface area contributed by atoms with E-state index < -0.39 is 0 Å². The summed E-state index contributed by atoms with van der Waals surface area (Å²) in [5, 5.41) is 7.06. The third-order valence-corrected chi connectivity index (χ3v) is 4.34. The molecule has 2 atom stereocenters. The van der Waals surface area contributed by atoms with Crippen LogP contribution in [0.3, 0.4) is 0 Å². The van der Waals surface area contributed by atoms with Gasteiger partial charge in [0, 0.05) is 18.0 Å². The largest absolute Gasteiger partial charge is 0.361 e. The Bertz CT molecular complexity index is 442. The van der Waals surface area contributed by atoms with Crippen molar-refractivity contribution in [3.63, 3.8) is 0 Å². The molecule has 1 heterocycles. The summed E-state index contributed by atoms with van der Waals surface area (Å²) in [5.74, 6) is 1.36. The van der Waals surface area contributed by atoms with Gasteiger partial charge in [0.05, 0.1) is 5.69 Å². The van der Waals surface area contributed by atoms with Gasteiger partial charge in [0.2, 0.25) is 5.91 Å². The molecule has 6 heteroatoms. The predicted octanol–water partition coefficient (Wildman–Crippen LogP) is 2.28. The van der Waals surface area contributed by atoms with E-state index in [1.54, 1.807) is 0 Å². The van der Waals surface area contributed by atoms with Gasteiger partial charge >= 0.3 is 0 Å². The minimum absolute atomic E-state index is 0. The summed E-state index contributed by atoms with van der Waals surface area (Å²) in [6, 6.07) is 0.255. The third kappa shape index (κ3) is 4.71. The van der Waals surface area contributed by atoms with Crippen molar-refractivity contribution in [1.82, 2.24) is 10.5 Å². The van der Waals surface area contributed by atoms with E-state index in [9.17, 15) is 4.79 Å². The maximum absolute atomic E-state index is 12.1. The van der Waals surface area contributed by atoms with Gasteiger partial charge in [0.1, 0.15) is 5.76 Å². The van der Waals surface area contributed by atoms with Gasteiger partial charge in [0.25, 0.3) is 0 Å². The van der Waals surface area contributed by atoms with Crippen LogP contribution in [-0.2, 0) is 11.2 Å². The maximum atomic E-state index is 12.1. The summed E-state index contributed by atoms with van der Waals surface area (Å²) in [6.07, 6.45) is 5.77. The van der Waals surface area contributed by atoms with Crippen LogP contribution in [0.5, 0.6) is 0 Å². The zero-order valence-electron chi connectivity index (χ0n) is 12.9. The molecule has 0 bridgehead atoms. The molecule has 0 spiro atoms. The number of aromatic nitrogens is 1. The average Bonchev–Trinajstić information content (AvgIpc) is 2.76. The lowest BCUT2D eigenvalue weighted by Crippen LogP contribution is -2.44. The molecule has 1 aromatic heterocycles. The minimum atomic E-state index is 0. The highest BCUT2D eigenvalue weighted by atomic mass is 35.5. The molecule has 0 aromatic carbocycles. The molecule has 0 radical (unpaired) electrons. The number of hydrogen-bond donors (Lipinski definition) is 2. The predicted molar refractivity (Wildman–Crippen MR) is 84.5 cm³/mol. The molecule has 1 fully saturated rings.